The SMILES string of the molecule is Nc1cnc(Oc2ncn(-c3ccccc3)n2)c(Br)c1. The van der Waals surface area contributed by atoms with Gasteiger partial charge in [-0.15, -0.1) is 5.10 Å². The van der Waals surface area contributed by atoms with Crippen molar-refractivity contribution in [3.63, 3.8) is 0 Å². The average Bonchev–Trinajstić information content (AvgIpc) is 2.92. The lowest BCUT2D eigenvalue weighted by Crippen LogP contribution is -1.96. The predicted molar refractivity (Wildman–Crippen MR) is 77.8 cm³/mol. The van der Waals surface area contributed by atoms with Crippen molar-refractivity contribution in [2.24, 2.45) is 0 Å². The number of rotatable bonds is 3. The van der Waals surface area contributed by atoms with Crippen molar-refractivity contribution in [3.8, 4) is 17.6 Å². The summed E-state index contributed by atoms with van der Waals surface area (Å²) >= 11 is 3.33. The minimum atomic E-state index is 0.215. The fourth-order valence-electron chi connectivity index (χ4n) is 1.60. The number of nitrogens with two attached hydrogens (primary N) is 1. The van der Waals surface area contributed by atoms with Crippen molar-refractivity contribution in [1.82, 2.24) is 19.7 Å². The molecule has 0 amide bonds. The maximum atomic E-state index is 5.62. The van der Waals surface area contributed by atoms with E-state index in [0.29, 0.717) is 16.0 Å². The van der Waals surface area contributed by atoms with Crippen molar-refractivity contribution in [2.45, 2.75) is 0 Å². The van der Waals surface area contributed by atoms with E-state index < -0.39 is 0 Å². The first kappa shape index (κ1) is 12.6. The highest BCUT2D eigenvalue weighted by Crippen LogP contribution is 2.27. The van der Waals surface area contributed by atoms with Crippen LogP contribution in [0.1, 0.15) is 0 Å². The van der Waals surface area contributed by atoms with Crippen LogP contribution in [0.5, 0.6) is 11.9 Å². The third kappa shape index (κ3) is 2.62. The lowest BCUT2D eigenvalue weighted by atomic mass is 10.3. The van der Waals surface area contributed by atoms with E-state index >= 15 is 0 Å². The summed E-state index contributed by atoms with van der Waals surface area (Å²) in [5, 5.41) is 4.23. The number of hydrogen-bond acceptors (Lipinski definition) is 5. The molecule has 0 fully saturated rings. The van der Waals surface area contributed by atoms with E-state index in [2.05, 4.69) is 31.0 Å². The van der Waals surface area contributed by atoms with Gasteiger partial charge in [0.2, 0.25) is 5.88 Å². The second kappa shape index (κ2) is 5.30. The average molecular weight is 332 g/mol. The van der Waals surface area contributed by atoms with E-state index in [1.54, 1.807) is 17.1 Å². The molecule has 0 atom stereocenters. The molecule has 0 aliphatic rings. The van der Waals surface area contributed by atoms with Crippen LogP contribution in [0.4, 0.5) is 5.69 Å². The van der Waals surface area contributed by atoms with E-state index in [0.717, 1.165) is 5.69 Å². The fourth-order valence-corrected chi connectivity index (χ4v) is 2.05. The Morgan fingerprint density at radius 3 is 2.70 bits per heavy atom. The summed E-state index contributed by atoms with van der Waals surface area (Å²) in [5.41, 5.74) is 7.07. The lowest BCUT2D eigenvalue weighted by Gasteiger charge is -2.03. The van der Waals surface area contributed by atoms with E-state index in [9.17, 15) is 0 Å². The zero-order valence-electron chi connectivity index (χ0n) is 10.3. The molecule has 2 aromatic heterocycles. The van der Waals surface area contributed by atoms with Gasteiger partial charge in [-0.05, 0) is 34.1 Å². The Morgan fingerprint density at radius 1 is 1.15 bits per heavy atom. The molecule has 1 aromatic carbocycles. The van der Waals surface area contributed by atoms with Crippen LogP contribution in [-0.4, -0.2) is 19.7 Å². The van der Waals surface area contributed by atoms with Crippen LogP contribution in [-0.2, 0) is 0 Å². The van der Waals surface area contributed by atoms with Gasteiger partial charge in [-0.1, -0.05) is 18.2 Å². The Hall–Kier alpha value is -2.41. The number of hydrogen-bond donors (Lipinski definition) is 1. The van der Waals surface area contributed by atoms with Crippen LogP contribution < -0.4 is 10.5 Å². The summed E-state index contributed by atoms with van der Waals surface area (Å²) in [7, 11) is 0. The molecule has 20 heavy (non-hydrogen) atoms. The molecule has 100 valence electrons. The number of anilines is 1. The topological polar surface area (TPSA) is 78.9 Å². The maximum absolute atomic E-state index is 5.62. The zero-order chi connectivity index (χ0) is 13.9. The maximum Gasteiger partial charge on any atom is 0.342 e. The molecule has 2 N–H and O–H groups in total. The molecular weight excluding hydrogens is 322 g/mol. The Balaban J connectivity index is 1.84. The smallest absolute Gasteiger partial charge is 0.342 e. The van der Waals surface area contributed by atoms with Crippen molar-refractivity contribution in [1.29, 1.82) is 0 Å². The molecular formula is C13H10BrN5O. The summed E-state index contributed by atoms with van der Waals surface area (Å²) in [6, 6.07) is 11.6. The molecule has 0 spiro atoms. The van der Waals surface area contributed by atoms with Gasteiger partial charge in [0.1, 0.15) is 6.33 Å². The molecule has 2 heterocycles. The van der Waals surface area contributed by atoms with Gasteiger partial charge in [-0.2, -0.15) is 4.98 Å². The second-order valence-electron chi connectivity index (χ2n) is 3.96. The van der Waals surface area contributed by atoms with Crippen LogP contribution in [0, 0.1) is 0 Å². The van der Waals surface area contributed by atoms with Crippen molar-refractivity contribution < 1.29 is 4.74 Å². The van der Waals surface area contributed by atoms with E-state index in [1.165, 1.54) is 6.20 Å². The quantitative estimate of drug-likeness (QED) is 0.798. The summed E-state index contributed by atoms with van der Waals surface area (Å²) in [5.74, 6) is 0.366. The van der Waals surface area contributed by atoms with Crippen molar-refractivity contribution >= 4 is 21.6 Å². The zero-order valence-corrected chi connectivity index (χ0v) is 11.9. The van der Waals surface area contributed by atoms with E-state index in [-0.39, 0.29) is 6.01 Å². The van der Waals surface area contributed by atoms with Gasteiger partial charge in [-0.25, -0.2) is 9.67 Å². The number of nitrogens with zero attached hydrogens (tertiary/aromatic N) is 4. The number of aromatic nitrogens is 4. The molecule has 0 unspecified atom stereocenters. The first-order valence-corrected chi connectivity index (χ1v) is 6.57. The first-order chi connectivity index (χ1) is 9.72. The monoisotopic (exact) mass is 331 g/mol. The normalized spacial score (nSPS) is 10.4. The van der Waals surface area contributed by atoms with Gasteiger partial charge in [0.05, 0.1) is 22.0 Å². The standard InChI is InChI=1S/C13H10BrN5O/c14-11-6-9(15)7-16-12(11)20-13-17-8-19(18-13)10-4-2-1-3-5-10/h1-8H,15H2. The van der Waals surface area contributed by atoms with Gasteiger partial charge in [-0.3, -0.25) is 0 Å². The minimum absolute atomic E-state index is 0.215. The summed E-state index contributed by atoms with van der Waals surface area (Å²) in [6.07, 6.45) is 3.09. The largest absolute Gasteiger partial charge is 0.403 e. The molecule has 0 bridgehead atoms. The molecule has 0 aliphatic carbocycles. The molecule has 0 saturated heterocycles. The van der Waals surface area contributed by atoms with Crippen LogP contribution in [0.2, 0.25) is 0 Å². The summed E-state index contributed by atoms with van der Waals surface area (Å²) in [6.45, 7) is 0. The minimum Gasteiger partial charge on any atom is -0.403 e. The third-order valence-corrected chi connectivity index (χ3v) is 3.08. The van der Waals surface area contributed by atoms with Crippen molar-refractivity contribution in [2.75, 3.05) is 5.73 Å². The molecule has 3 aromatic rings. The van der Waals surface area contributed by atoms with Gasteiger partial charge in [0.25, 0.3) is 0 Å². The Kier molecular flexibility index (Phi) is 3.34. The van der Waals surface area contributed by atoms with Crippen molar-refractivity contribution in [3.05, 3.63) is 53.4 Å². The molecule has 7 heteroatoms. The van der Waals surface area contributed by atoms with E-state index in [1.807, 2.05) is 30.3 Å². The second-order valence-corrected chi connectivity index (χ2v) is 4.82. The van der Waals surface area contributed by atoms with Gasteiger partial charge in [0, 0.05) is 0 Å². The van der Waals surface area contributed by atoms with Gasteiger partial charge >= 0.3 is 6.01 Å². The fraction of sp³-hybridized carbons (Fsp3) is 0. The lowest BCUT2D eigenvalue weighted by molar-refractivity contribution is 0.422. The van der Waals surface area contributed by atoms with Crippen LogP contribution in [0.15, 0.2) is 53.4 Å². The highest BCUT2D eigenvalue weighted by Gasteiger charge is 2.09. The number of nitrogen functional groups attached to an aromatic ring is 1. The number of pyridine rings is 1. The number of halogens is 1. The molecule has 6 nitrogen and oxygen atoms in total. The molecule has 0 saturated carbocycles. The molecule has 0 aliphatic heterocycles. The summed E-state index contributed by atoms with van der Waals surface area (Å²) < 4.78 is 7.78. The number of benzene rings is 1. The van der Waals surface area contributed by atoms with E-state index in [4.69, 9.17) is 10.5 Å². The first-order valence-electron chi connectivity index (χ1n) is 5.78. The third-order valence-electron chi connectivity index (χ3n) is 2.51. The molecule has 3 rings (SSSR count). The number of para-hydroxylation sites is 1. The van der Waals surface area contributed by atoms with Crippen LogP contribution in [0.3, 0.4) is 0 Å². The van der Waals surface area contributed by atoms with Crippen LogP contribution in [0.25, 0.3) is 5.69 Å². The predicted octanol–water partition coefficient (Wildman–Crippen LogP) is 2.80. The highest BCUT2D eigenvalue weighted by molar-refractivity contribution is 9.10. The number of ether oxygens (including phenoxy) is 1. The Labute approximate surface area is 123 Å². The Morgan fingerprint density at radius 2 is 1.95 bits per heavy atom. The van der Waals surface area contributed by atoms with Gasteiger partial charge < -0.3 is 10.5 Å². The van der Waals surface area contributed by atoms with Gasteiger partial charge in [0.15, 0.2) is 0 Å². The van der Waals surface area contributed by atoms with Crippen LogP contribution >= 0.6 is 15.9 Å². The molecule has 0 radical (unpaired) electrons. The summed E-state index contributed by atoms with van der Waals surface area (Å²) in [4.78, 5) is 8.16. The Bertz CT molecular complexity index is 729. The highest BCUT2D eigenvalue weighted by atomic mass is 79.9.